The molecule has 0 saturated carbocycles. The zero-order valence-corrected chi connectivity index (χ0v) is 14.7. The Kier molecular flexibility index (Phi) is 7.18. The number of nitrogens with zero attached hydrogens (tertiary/aromatic N) is 2. The molecule has 0 aromatic heterocycles. The number of para-hydroxylation sites is 1. The van der Waals surface area contributed by atoms with Crippen LogP contribution in [0.1, 0.15) is 20.8 Å². The molecule has 1 atom stereocenters. The lowest BCUT2D eigenvalue weighted by atomic mass is 10.1. The number of anilines is 1. The van der Waals surface area contributed by atoms with Crippen molar-refractivity contribution < 1.29 is 4.74 Å². The van der Waals surface area contributed by atoms with Crippen LogP contribution < -0.4 is 15.5 Å². The van der Waals surface area contributed by atoms with Crippen molar-refractivity contribution >= 4 is 11.6 Å². The number of hydrogen-bond acceptors (Lipinski definition) is 3. The highest BCUT2D eigenvalue weighted by Gasteiger charge is 2.17. The molecule has 1 aromatic carbocycles. The van der Waals surface area contributed by atoms with Crippen LogP contribution in [0.25, 0.3) is 0 Å². The lowest BCUT2D eigenvalue weighted by Crippen LogP contribution is -2.48. The summed E-state index contributed by atoms with van der Waals surface area (Å²) in [7, 11) is 5.60. The van der Waals surface area contributed by atoms with E-state index in [9.17, 15) is 0 Å². The van der Waals surface area contributed by atoms with Gasteiger partial charge in [0.15, 0.2) is 5.96 Å². The van der Waals surface area contributed by atoms with E-state index in [0.717, 1.165) is 12.5 Å². The van der Waals surface area contributed by atoms with E-state index >= 15 is 0 Å². The SMILES string of the molecule is CN=C(NCC(C)N(C)c1ccccc1)NCC(C)(C)OC. The van der Waals surface area contributed by atoms with Crippen molar-refractivity contribution in [2.75, 3.05) is 39.2 Å². The number of nitrogens with one attached hydrogen (secondary N) is 2. The van der Waals surface area contributed by atoms with Crippen LogP contribution in [0.2, 0.25) is 0 Å². The summed E-state index contributed by atoms with van der Waals surface area (Å²) >= 11 is 0. The van der Waals surface area contributed by atoms with Crippen LogP contribution in [0.3, 0.4) is 0 Å². The van der Waals surface area contributed by atoms with Crippen LogP contribution in [-0.2, 0) is 4.74 Å². The molecular weight excluding hydrogens is 276 g/mol. The van der Waals surface area contributed by atoms with E-state index in [1.165, 1.54) is 5.69 Å². The standard InChI is InChI=1S/C17H30N4O/c1-14(21(5)15-10-8-7-9-11-15)12-19-16(18-4)20-13-17(2,3)22-6/h7-11,14H,12-13H2,1-6H3,(H2,18,19,20). The molecular formula is C17H30N4O. The fraction of sp³-hybridized carbons (Fsp3) is 0.588. The topological polar surface area (TPSA) is 48.9 Å². The summed E-state index contributed by atoms with van der Waals surface area (Å²) in [4.78, 5) is 6.50. The molecule has 0 fully saturated rings. The molecule has 0 aliphatic rings. The van der Waals surface area contributed by atoms with E-state index in [1.807, 2.05) is 19.9 Å². The van der Waals surface area contributed by atoms with Gasteiger partial charge in [-0.2, -0.15) is 0 Å². The summed E-state index contributed by atoms with van der Waals surface area (Å²) in [6, 6.07) is 10.7. The predicted molar refractivity (Wildman–Crippen MR) is 94.8 cm³/mol. The zero-order chi connectivity index (χ0) is 16.6. The zero-order valence-electron chi connectivity index (χ0n) is 14.7. The minimum absolute atomic E-state index is 0.218. The van der Waals surface area contributed by atoms with Crippen molar-refractivity contribution in [3.8, 4) is 0 Å². The lowest BCUT2D eigenvalue weighted by molar-refractivity contribution is 0.0268. The number of methoxy groups -OCH3 is 1. The van der Waals surface area contributed by atoms with Crippen molar-refractivity contribution in [1.29, 1.82) is 0 Å². The summed E-state index contributed by atoms with van der Waals surface area (Å²) in [6.07, 6.45) is 0. The van der Waals surface area contributed by atoms with Crippen molar-refractivity contribution in [3.63, 3.8) is 0 Å². The quantitative estimate of drug-likeness (QED) is 0.598. The number of hydrogen-bond donors (Lipinski definition) is 2. The van der Waals surface area contributed by atoms with E-state index in [2.05, 4.69) is 58.8 Å². The first-order chi connectivity index (χ1) is 10.4. The summed E-state index contributed by atoms with van der Waals surface area (Å²) in [5.41, 5.74) is 0.990. The molecule has 0 saturated heterocycles. The minimum Gasteiger partial charge on any atom is -0.377 e. The molecule has 1 rings (SSSR count). The highest BCUT2D eigenvalue weighted by Crippen LogP contribution is 2.13. The number of ether oxygens (including phenoxy) is 1. The Hall–Kier alpha value is -1.75. The predicted octanol–water partition coefficient (Wildman–Crippen LogP) is 2.10. The van der Waals surface area contributed by atoms with Crippen molar-refractivity contribution in [1.82, 2.24) is 10.6 Å². The Morgan fingerprint density at radius 2 is 1.91 bits per heavy atom. The number of benzene rings is 1. The Morgan fingerprint density at radius 1 is 1.27 bits per heavy atom. The van der Waals surface area contributed by atoms with E-state index in [1.54, 1.807) is 14.2 Å². The minimum atomic E-state index is -0.218. The molecule has 1 unspecified atom stereocenters. The molecule has 0 aliphatic carbocycles. The Morgan fingerprint density at radius 3 is 2.45 bits per heavy atom. The van der Waals surface area contributed by atoms with Gasteiger partial charge in [0.1, 0.15) is 0 Å². The van der Waals surface area contributed by atoms with Gasteiger partial charge in [-0.05, 0) is 32.9 Å². The average molecular weight is 306 g/mol. The second-order valence-electron chi connectivity index (χ2n) is 6.07. The third-order valence-electron chi connectivity index (χ3n) is 3.85. The fourth-order valence-electron chi connectivity index (χ4n) is 1.89. The first-order valence-corrected chi connectivity index (χ1v) is 7.67. The first kappa shape index (κ1) is 18.3. The normalized spacial score (nSPS) is 13.6. The highest BCUT2D eigenvalue weighted by molar-refractivity contribution is 5.79. The molecule has 0 amide bonds. The van der Waals surface area contributed by atoms with Gasteiger partial charge < -0.3 is 20.3 Å². The molecule has 124 valence electrons. The van der Waals surface area contributed by atoms with Crippen LogP contribution in [0, 0.1) is 0 Å². The van der Waals surface area contributed by atoms with Gasteiger partial charge in [0, 0.05) is 46.0 Å². The number of guanidine groups is 1. The van der Waals surface area contributed by atoms with Crippen LogP contribution in [0.5, 0.6) is 0 Å². The third kappa shape index (κ3) is 5.93. The van der Waals surface area contributed by atoms with Crippen LogP contribution in [0.4, 0.5) is 5.69 Å². The molecule has 5 heteroatoms. The van der Waals surface area contributed by atoms with Gasteiger partial charge in [0.25, 0.3) is 0 Å². The van der Waals surface area contributed by atoms with Crippen molar-refractivity contribution in [3.05, 3.63) is 30.3 Å². The van der Waals surface area contributed by atoms with Gasteiger partial charge in [-0.3, -0.25) is 4.99 Å². The van der Waals surface area contributed by atoms with Gasteiger partial charge in [0.05, 0.1) is 5.60 Å². The Balaban J connectivity index is 2.46. The summed E-state index contributed by atoms with van der Waals surface area (Å²) in [5, 5.41) is 6.65. The first-order valence-electron chi connectivity index (χ1n) is 7.67. The van der Waals surface area contributed by atoms with Gasteiger partial charge >= 0.3 is 0 Å². The summed E-state index contributed by atoms with van der Waals surface area (Å²) in [5.74, 6) is 0.790. The van der Waals surface area contributed by atoms with Crippen LogP contribution >= 0.6 is 0 Å². The largest absolute Gasteiger partial charge is 0.377 e. The summed E-state index contributed by atoms with van der Waals surface area (Å²) in [6.45, 7) is 7.77. The summed E-state index contributed by atoms with van der Waals surface area (Å²) < 4.78 is 5.40. The third-order valence-corrected chi connectivity index (χ3v) is 3.85. The van der Waals surface area contributed by atoms with E-state index in [0.29, 0.717) is 12.6 Å². The van der Waals surface area contributed by atoms with Crippen molar-refractivity contribution in [2.24, 2.45) is 4.99 Å². The van der Waals surface area contributed by atoms with Gasteiger partial charge in [-0.1, -0.05) is 18.2 Å². The molecule has 1 aromatic rings. The van der Waals surface area contributed by atoms with Gasteiger partial charge in [-0.15, -0.1) is 0 Å². The molecule has 5 nitrogen and oxygen atoms in total. The second-order valence-corrected chi connectivity index (χ2v) is 6.07. The monoisotopic (exact) mass is 306 g/mol. The Labute approximate surface area is 134 Å². The number of likely N-dealkylation sites (N-methyl/N-ethyl adjacent to an activating group) is 1. The second kappa shape index (κ2) is 8.63. The molecule has 0 radical (unpaired) electrons. The maximum Gasteiger partial charge on any atom is 0.191 e. The van der Waals surface area contributed by atoms with E-state index in [4.69, 9.17) is 4.74 Å². The van der Waals surface area contributed by atoms with Gasteiger partial charge in [-0.25, -0.2) is 0 Å². The number of aliphatic imine (C=N–C) groups is 1. The molecule has 0 bridgehead atoms. The lowest BCUT2D eigenvalue weighted by Gasteiger charge is -2.29. The molecule has 0 spiro atoms. The van der Waals surface area contributed by atoms with Crippen LogP contribution in [-0.4, -0.2) is 51.9 Å². The fourth-order valence-corrected chi connectivity index (χ4v) is 1.89. The average Bonchev–Trinajstić information content (AvgIpc) is 2.54. The van der Waals surface area contributed by atoms with Gasteiger partial charge in [0.2, 0.25) is 0 Å². The van der Waals surface area contributed by atoms with Crippen LogP contribution in [0.15, 0.2) is 35.3 Å². The molecule has 0 aliphatic heterocycles. The van der Waals surface area contributed by atoms with E-state index < -0.39 is 0 Å². The Bertz CT molecular complexity index is 459. The molecule has 22 heavy (non-hydrogen) atoms. The smallest absolute Gasteiger partial charge is 0.191 e. The van der Waals surface area contributed by atoms with E-state index in [-0.39, 0.29) is 5.60 Å². The van der Waals surface area contributed by atoms with Crippen molar-refractivity contribution in [2.45, 2.75) is 32.4 Å². The molecule has 2 N–H and O–H groups in total. The molecule has 0 heterocycles. The number of rotatable bonds is 7. The highest BCUT2D eigenvalue weighted by atomic mass is 16.5. The maximum absolute atomic E-state index is 5.40. The maximum atomic E-state index is 5.40.